The Morgan fingerprint density at radius 3 is 2.81 bits per heavy atom. The molecule has 0 fully saturated rings. The number of allylic oxidation sites excluding steroid dienone is 4. The van der Waals surface area contributed by atoms with Crippen LogP contribution in [0, 0.1) is 14.9 Å². The maximum atomic E-state index is 12.5. The van der Waals surface area contributed by atoms with E-state index in [0.717, 1.165) is 38.9 Å². The van der Waals surface area contributed by atoms with E-state index in [0.29, 0.717) is 12.0 Å². The molecule has 1 N–H and O–H groups in total. The summed E-state index contributed by atoms with van der Waals surface area (Å²) in [7, 11) is 0. The van der Waals surface area contributed by atoms with E-state index in [1.807, 2.05) is 31.2 Å². The van der Waals surface area contributed by atoms with E-state index >= 15 is 0 Å². The van der Waals surface area contributed by atoms with Crippen LogP contribution in [0.2, 0.25) is 0 Å². The average molecular weight is 390 g/mol. The van der Waals surface area contributed by atoms with Crippen molar-refractivity contribution in [3.8, 4) is 6.07 Å². The van der Waals surface area contributed by atoms with E-state index in [-0.39, 0.29) is 11.7 Å². The summed E-state index contributed by atoms with van der Waals surface area (Å²) in [4.78, 5) is 12.5. The standard InChI is InChI=1S/C17H15IN2O/c1-10-12(9-19)16(11-5-2-3-6-13(11)18)17-14(20-10)7-4-8-15(17)21/h2-3,5-6,16,20H,4,7-8H2,1H3/t16-/m1/s1. The first-order chi connectivity index (χ1) is 10.1. The average Bonchev–Trinajstić information content (AvgIpc) is 2.47. The van der Waals surface area contributed by atoms with Gasteiger partial charge in [0.2, 0.25) is 0 Å². The molecule has 0 amide bonds. The van der Waals surface area contributed by atoms with Crippen LogP contribution >= 0.6 is 22.6 Å². The molecule has 1 atom stereocenters. The second kappa shape index (κ2) is 5.64. The largest absolute Gasteiger partial charge is 0.361 e. The smallest absolute Gasteiger partial charge is 0.161 e. The van der Waals surface area contributed by atoms with Crippen LogP contribution in [0.25, 0.3) is 0 Å². The molecule has 0 unspecified atom stereocenters. The van der Waals surface area contributed by atoms with Gasteiger partial charge in [-0.1, -0.05) is 18.2 Å². The third kappa shape index (κ3) is 2.40. The van der Waals surface area contributed by atoms with Gasteiger partial charge in [-0.25, -0.2) is 0 Å². The highest BCUT2D eigenvalue weighted by Gasteiger charge is 2.36. The summed E-state index contributed by atoms with van der Waals surface area (Å²) >= 11 is 2.28. The van der Waals surface area contributed by atoms with Gasteiger partial charge in [0.1, 0.15) is 0 Å². The molecule has 0 bridgehead atoms. The van der Waals surface area contributed by atoms with Gasteiger partial charge in [0, 0.05) is 27.0 Å². The third-order valence-electron chi connectivity index (χ3n) is 4.11. The van der Waals surface area contributed by atoms with Gasteiger partial charge in [-0.3, -0.25) is 4.79 Å². The van der Waals surface area contributed by atoms with Crippen LogP contribution in [0.15, 0.2) is 46.8 Å². The van der Waals surface area contributed by atoms with Crippen molar-refractivity contribution in [3.63, 3.8) is 0 Å². The van der Waals surface area contributed by atoms with Gasteiger partial charge < -0.3 is 5.32 Å². The number of nitrogens with one attached hydrogen (secondary N) is 1. The zero-order valence-corrected chi connectivity index (χ0v) is 13.9. The number of carbonyl (C=O) groups excluding carboxylic acids is 1. The Morgan fingerprint density at radius 2 is 2.10 bits per heavy atom. The summed E-state index contributed by atoms with van der Waals surface area (Å²) in [6, 6.07) is 10.3. The Kier molecular flexibility index (Phi) is 3.85. The van der Waals surface area contributed by atoms with Crippen molar-refractivity contribution < 1.29 is 4.79 Å². The van der Waals surface area contributed by atoms with Gasteiger partial charge in [-0.05, 0) is 54.0 Å². The highest BCUT2D eigenvalue weighted by Crippen LogP contribution is 2.42. The molecule has 1 aliphatic carbocycles. The molecule has 1 aliphatic heterocycles. The molecule has 1 heterocycles. The van der Waals surface area contributed by atoms with Gasteiger partial charge in [0.15, 0.2) is 5.78 Å². The number of hydrogen-bond acceptors (Lipinski definition) is 3. The van der Waals surface area contributed by atoms with Crippen molar-refractivity contribution in [3.05, 3.63) is 55.9 Å². The first kappa shape index (κ1) is 14.3. The summed E-state index contributed by atoms with van der Waals surface area (Å²) in [5, 5.41) is 12.9. The van der Waals surface area contributed by atoms with E-state index in [1.165, 1.54) is 0 Å². The number of carbonyl (C=O) groups is 1. The molecule has 0 radical (unpaired) electrons. The number of dihydropyridines is 1. The number of hydrogen-bond donors (Lipinski definition) is 1. The zero-order valence-electron chi connectivity index (χ0n) is 11.7. The zero-order chi connectivity index (χ0) is 15.0. The highest BCUT2D eigenvalue weighted by atomic mass is 127. The Balaban J connectivity index is 2.23. The number of Topliss-reactive ketones (excluding diaryl/α,β-unsaturated/α-hetero) is 1. The molecule has 21 heavy (non-hydrogen) atoms. The third-order valence-corrected chi connectivity index (χ3v) is 5.09. The molecule has 0 aromatic heterocycles. The van der Waals surface area contributed by atoms with Gasteiger partial charge in [0.25, 0.3) is 0 Å². The number of nitrogens with zero attached hydrogens (tertiary/aromatic N) is 1. The lowest BCUT2D eigenvalue weighted by molar-refractivity contribution is -0.116. The summed E-state index contributed by atoms with van der Waals surface area (Å²) in [6.07, 6.45) is 2.35. The predicted octanol–water partition coefficient (Wildman–Crippen LogP) is 3.78. The van der Waals surface area contributed by atoms with Crippen LogP contribution in [0.5, 0.6) is 0 Å². The van der Waals surface area contributed by atoms with E-state index < -0.39 is 0 Å². The lowest BCUT2D eigenvalue weighted by Crippen LogP contribution is -2.31. The number of nitriles is 1. The number of ketones is 1. The fourth-order valence-electron chi connectivity index (χ4n) is 3.15. The van der Waals surface area contributed by atoms with Crippen molar-refractivity contribution in [1.82, 2.24) is 5.32 Å². The van der Waals surface area contributed by atoms with Gasteiger partial charge in [-0.15, -0.1) is 0 Å². The summed E-state index contributed by atoms with van der Waals surface area (Å²) in [5.74, 6) is -0.0409. The molecule has 106 valence electrons. The SMILES string of the molecule is CC1=C(C#N)[C@@H](c2ccccc2I)C2=C(CCCC2=O)N1. The van der Waals surface area contributed by atoms with Crippen molar-refractivity contribution in [1.29, 1.82) is 5.26 Å². The van der Waals surface area contributed by atoms with Gasteiger partial charge >= 0.3 is 0 Å². The van der Waals surface area contributed by atoms with E-state index in [4.69, 9.17) is 0 Å². The van der Waals surface area contributed by atoms with E-state index in [1.54, 1.807) is 0 Å². The normalized spacial score (nSPS) is 21.8. The molecule has 3 rings (SSSR count). The van der Waals surface area contributed by atoms with Crippen LogP contribution in [0.3, 0.4) is 0 Å². The van der Waals surface area contributed by atoms with Crippen molar-refractivity contribution >= 4 is 28.4 Å². The predicted molar refractivity (Wildman–Crippen MR) is 89.2 cm³/mol. The fraction of sp³-hybridized carbons (Fsp3) is 0.294. The van der Waals surface area contributed by atoms with Crippen LogP contribution in [0.4, 0.5) is 0 Å². The van der Waals surface area contributed by atoms with Crippen molar-refractivity contribution in [2.75, 3.05) is 0 Å². The Morgan fingerprint density at radius 1 is 1.33 bits per heavy atom. The van der Waals surface area contributed by atoms with Crippen LogP contribution in [0.1, 0.15) is 37.7 Å². The highest BCUT2D eigenvalue weighted by molar-refractivity contribution is 14.1. The Labute approximate surface area is 137 Å². The van der Waals surface area contributed by atoms with Gasteiger partial charge in [0.05, 0.1) is 17.6 Å². The molecule has 1 aromatic rings. The van der Waals surface area contributed by atoms with Crippen LogP contribution in [-0.2, 0) is 4.79 Å². The van der Waals surface area contributed by atoms with Crippen molar-refractivity contribution in [2.24, 2.45) is 0 Å². The molecule has 0 saturated heterocycles. The molecule has 2 aliphatic rings. The molecule has 4 heteroatoms. The lowest BCUT2D eigenvalue weighted by atomic mass is 9.76. The minimum absolute atomic E-state index is 0.175. The summed E-state index contributed by atoms with van der Waals surface area (Å²) in [6.45, 7) is 1.92. The Hall–Kier alpha value is -1.61. The topological polar surface area (TPSA) is 52.9 Å². The second-order valence-electron chi connectivity index (χ2n) is 5.40. The van der Waals surface area contributed by atoms with Crippen LogP contribution < -0.4 is 5.32 Å². The summed E-state index contributed by atoms with van der Waals surface area (Å²) < 4.78 is 1.09. The first-order valence-corrected chi connectivity index (χ1v) is 8.10. The van der Waals surface area contributed by atoms with E-state index in [9.17, 15) is 10.1 Å². The minimum Gasteiger partial charge on any atom is -0.361 e. The molecule has 3 nitrogen and oxygen atoms in total. The maximum Gasteiger partial charge on any atom is 0.161 e. The van der Waals surface area contributed by atoms with Crippen molar-refractivity contribution in [2.45, 2.75) is 32.1 Å². The molecular weight excluding hydrogens is 375 g/mol. The molecular formula is C17H15IN2O. The number of benzene rings is 1. The molecule has 0 spiro atoms. The quantitative estimate of drug-likeness (QED) is 0.743. The second-order valence-corrected chi connectivity index (χ2v) is 6.56. The minimum atomic E-state index is -0.216. The molecule has 0 saturated carbocycles. The fourth-order valence-corrected chi connectivity index (χ4v) is 3.85. The first-order valence-electron chi connectivity index (χ1n) is 7.02. The number of halogens is 1. The monoisotopic (exact) mass is 390 g/mol. The van der Waals surface area contributed by atoms with E-state index in [2.05, 4.69) is 34.0 Å². The molecule has 1 aromatic carbocycles. The van der Waals surface area contributed by atoms with Crippen LogP contribution in [-0.4, -0.2) is 5.78 Å². The lowest BCUT2D eigenvalue weighted by Gasteiger charge is -2.33. The Bertz CT molecular complexity index is 725. The summed E-state index contributed by atoms with van der Waals surface area (Å²) in [5.41, 5.74) is 4.39. The van der Waals surface area contributed by atoms with Gasteiger partial charge in [-0.2, -0.15) is 5.26 Å². The number of rotatable bonds is 1. The maximum absolute atomic E-state index is 12.5.